The second kappa shape index (κ2) is 12.5. The lowest BCUT2D eigenvalue weighted by Crippen LogP contribution is -2.45. The molecule has 34 heavy (non-hydrogen) atoms. The number of nitrogens with zero attached hydrogens (tertiary/aromatic N) is 2. The van der Waals surface area contributed by atoms with Crippen LogP contribution in [0.1, 0.15) is 63.8 Å². The summed E-state index contributed by atoms with van der Waals surface area (Å²) in [5.41, 5.74) is 1.26. The third kappa shape index (κ3) is 8.88. The summed E-state index contributed by atoms with van der Waals surface area (Å²) >= 11 is 1.65. The van der Waals surface area contributed by atoms with Gasteiger partial charge in [-0.15, -0.1) is 11.3 Å². The van der Waals surface area contributed by atoms with Crippen LogP contribution in [0.15, 0.2) is 47.8 Å². The van der Waals surface area contributed by atoms with Gasteiger partial charge in [0.05, 0.1) is 19.2 Å². The SMILES string of the molecule is CC(CC(=O)N(CC(=O)N(Cc1ccccc1)Cc1cccs1)CC1CCCO1)CC(C)(C)C. The van der Waals surface area contributed by atoms with Crippen molar-refractivity contribution in [2.75, 3.05) is 19.7 Å². The number of ether oxygens (including phenoxy) is 1. The molecule has 1 aromatic heterocycles. The molecule has 1 aromatic carbocycles. The Bertz CT molecular complexity index is 886. The molecule has 1 fully saturated rings. The van der Waals surface area contributed by atoms with Crippen LogP contribution < -0.4 is 0 Å². The number of hydrogen-bond acceptors (Lipinski definition) is 4. The fourth-order valence-corrected chi connectivity index (χ4v) is 5.44. The largest absolute Gasteiger partial charge is 0.376 e. The zero-order valence-corrected chi connectivity index (χ0v) is 22.0. The van der Waals surface area contributed by atoms with E-state index in [0.717, 1.165) is 36.3 Å². The van der Waals surface area contributed by atoms with Gasteiger partial charge in [0.15, 0.2) is 0 Å². The Morgan fingerprint density at radius 2 is 1.82 bits per heavy atom. The molecule has 5 nitrogen and oxygen atoms in total. The van der Waals surface area contributed by atoms with Crippen molar-refractivity contribution in [1.29, 1.82) is 0 Å². The standard InChI is InChI=1S/C28H40N2O3S/c1-22(17-28(2,3)4)16-26(31)30(19-24-12-8-14-33-24)21-27(32)29(20-25-13-9-15-34-25)18-23-10-6-5-7-11-23/h5-7,9-11,13,15,22,24H,8,12,14,16-21H2,1-4H3. The predicted octanol–water partition coefficient (Wildman–Crippen LogP) is 5.75. The molecule has 2 amide bonds. The highest BCUT2D eigenvalue weighted by molar-refractivity contribution is 7.09. The average Bonchev–Trinajstić information content (AvgIpc) is 3.46. The van der Waals surface area contributed by atoms with E-state index in [0.29, 0.717) is 26.1 Å². The van der Waals surface area contributed by atoms with Gasteiger partial charge in [-0.1, -0.05) is 64.1 Å². The van der Waals surface area contributed by atoms with Crippen LogP contribution in [0.5, 0.6) is 0 Å². The molecule has 2 heterocycles. The summed E-state index contributed by atoms with van der Waals surface area (Å²) < 4.78 is 5.82. The van der Waals surface area contributed by atoms with Crippen LogP contribution in [-0.4, -0.2) is 47.4 Å². The summed E-state index contributed by atoms with van der Waals surface area (Å²) in [7, 11) is 0. The van der Waals surface area contributed by atoms with Gasteiger partial charge in [-0.25, -0.2) is 0 Å². The van der Waals surface area contributed by atoms with Crippen molar-refractivity contribution in [3.8, 4) is 0 Å². The van der Waals surface area contributed by atoms with E-state index in [1.54, 1.807) is 16.2 Å². The van der Waals surface area contributed by atoms with Crippen molar-refractivity contribution >= 4 is 23.2 Å². The van der Waals surface area contributed by atoms with E-state index in [1.165, 1.54) is 0 Å². The fourth-order valence-electron chi connectivity index (χ4n) is 4.72. The van der Waals surface area contributed by atoms with Gasteiger partial charge >= 0.3 is 0 Å². The van der Waals surface area contributed by atoms with Gasteiger partial charge in [-0.05, 0) is 47.6 Å². The van der Waals surface area contributed by atoms with E-state index in [9.17, 15) is 9.59 Å². The van der Waals surface area contributed by atoms with Crippen LogP contribution in [0.25, 0.3) is 0 Å². The van der Waals surface area contributed by atoms with Crippen LogP contribution in [0.4, 0.5) is 0 Å². The maximum absolute atomic E-state index is 13.6. The van der Waals surface area contributed by atoms with Crippen molar-refractivity contribution in [1.82, 2.24) is 9.80 Å². The fraction of sp³-hybridized carbons (Fsp3) is 0.571. The van der Waals surface area contributed by atoms with Crippen LogP contribution in [-0.2, 0) is 27.4 Å². The molecule has 0 bridgehead atoms. The number of thiophene rings is 1. The molecule has 2 aromatic rings. The van der Waals surface area contributed by atoms with Gasteiger partial charge in [0, 0.05) is 31.0 Å². The monoisotopic (exact) mass is 484 g/mol. The van der Waals surface area contributed by atoms with E-state index in [1.807, 2.05) is 46.7 Å². The van der Waals surface area contributed by atoms with Crippen LogP contribution in [0, 0.1) is 11.3 Å². The van der Waals surface area contributed by atoms with E-state index in [2.05, 4.69) is 33.8 Å². The molecule has 186 valence electrons. The molecule has 1 aliphatic rings. The smallest absolute Gasteiger partial charge is 0.242 e. The molecule has 3 rings (SSSR count). The quantitative estimate of drug-likeness (QED) is 0.408. The Morgan fingerprint density at radius 3 is 2.44 bits per heavy atom. The number of hydrogen-bond donors (Lipinski definition) is 0. The molecule has 2 atom stereocenters. The molecule has 1 saturated heterocycles. The van der Waals surface area contributed by atoms with Crippen molar-refractivity contribution in [3.63, 3.8) is 0 Å². The van der Waals surface area contributed by atoms with Crippen LogP contribution >= 0.6 is 11.3 Å². The molecular weight excluding hydrogens is 444 g/mol. The van der Waals surface area contributed by atoms with Crippen LogP contribution in [0.2, 0.25) is 0 Å². The molecule has 1 aliphatic heterocycles. The Hall–Kier alpha value is -2.18. The number of benzene rings is 1. The second-order valence-electron chi connectivity index (χ2n) is 10.8. The lowest BCUT2D eigenvalue weighted by Gasteiger charge is -2.30. The normalized spacial score (nSPS) is 16.9. The summed E-state index contributed by atoms with van der Waals surface area (Å²) in [6.07, 6.45) is 3.41. The van der Waals surface area contributed by atoms with E-state index in [4.69, 9.17) is 4.74 Å². The van der Waals surface area contributed by atoms with Crippen molar-refractivity contribution in [2.24, 2.45) is 11.3 Å². The Balaban J connectivity index is 1.72. The highest BCUT2D eigenvalue weighted by Crippen LogP contribution is 2.27. The first-order valence-electron chi connectivity index (χ1n) is 12.4. The van der Waals surface area contributed by atoms with Gasteiger partial charge in [-0.2, -0.15) is 0 Å². The van der Waals surface area contributed by atoms with Gasteiger partial charge in [-0.3, -0.25) is 9.59 Å². The minimum absolute atomic E-state index is 0.0212. The highest BCUT2D eigenvalue weighted by Gasteiger charge is 2.28. The number of carbonyl (C=O) groups is 2. The zero-order valence-electron chi connectivity index (χ0n) is 21.2. The van der Waals surface area contributed by atoms with E-state index < -0.39 is 0 Å². The van der Waals surface area contributed by atoms with Gasteiger partial charge in [0.1, 0.15) is 0 Å². The minimum Gasteiger partial charge on any atom is -0.376 e. The summed E-state index contributed by atoms with van der Waals surface area (Å²) in [6.45, 7) is 11.1. The van der Waals surface area contributed by atoms with Gasteiger partial charge < -0.3 is 14.5 Å². The summed E-state index contributed by atoms with van der Waals surface area (Å²) in [5.74, 6) is 0.296. The molecule has 6 heteroatoms. The Labute approximate surface area is 209 Å². The summed E-state index contributed by atoms with van der Waals surface area (Å²) in [5, 5.41) is 2.03. The van der Waals surface area contributed by atoms with Gasteiger partial charge in [0.25, 0.3) is 0 Å². The first-order chi connectivity index (χ1) is 16.2. The third-order valence-corrected chi connectivity index (χ3v) is 6.97. The van der Waals surface area contributed by atoms with Gasteiger partial charge in [0.2, 0.25) is 11.8 Å². The van der Waals surface area contributed by atoms with Crippen molar-refractivity contribution in [2.45, 2.75) is 72.6 Å². The van der Waals surface area contributed by atoms with Crippen molar-refractivity contribution < 1.29 is 14.3 Å². The van der Waals surface area contributed by atoms with Crippen molar-refractivity contribution in [3.05, 3.63) is 58.3 Å². The Morgan fingerprint density at radius 1 is 1.06 bits per heavy atom. The molecule has 0 aliphatic carbocycles. The highest BCUT2D eigenvalue weighted by atomic mass is 32.1. The first-order valence-corrected chi connectivity index (χ1v) is 13.3. The summed E-state index contributed by atoms with van der Waals surface area (Å²) in [4.78, 5) is 31.7. The first kappa shape index (κ1) is 26.4. The number of rotatable bonds is 11. The lowest BCUT2D eigenvalue weighted by molar-refractivity contribution is -0.143. The third-order valence-electron chi connectivity index (χ3n) is 6.11. The van der Waals surface area contributed by atoms with Crippen LogP contribution in [0.3, 0.4) is 0 Å². The number of amides is 2. The topological polar surface area (TPSA) is 49.9 Å². The maximum Gasteiger partial charge on any atom is 0.242 e. The molecule has 2 unspecified atom stereocenters. The summed E-state index contributed by atoms with van der Waals surface area (Å²) in [6, 6.07) is 14.1. The van der Waals surface area contributed by atoms with E-state index >= 15 is 0 Å². The average molecular weight is 485 g/mol. The molecule has 0 radical (unpaired) electrons. The molecule has 0 N–H and O–H groups in total. The van der Waals surface area contributed by atoms with E-state index in [-0.39, 0.29) is 35.8 Å². The zero-order chi connectivity index (χ0) is 24.6. The molecular formula is C28H40N2O3S. The maximum atomic E-state index is 13.6. The minimum atomic E-state index is -0.0212. The lowest BCUT2D eigenvalue weighted by atomic mass is 9.84. The number of carbonyl (C=O) groups excluding carboxylic acids is 2. The second-order valence-corrected chi connectivity index (χ2v) is 11.8. The molecule has 0 saturated carbocycles. The molecule has 0 spiro atoms. The predicted molar refractivity (Wildman–Crippen MR) is 138 cm³/mol. The Kier molecular flexibility index (Phi) is 9.72.